The van der Waals surface area contributed by atoms with Crippen molar-refractivity contribution in [3.8, 4) is 11.5 Å². The maximum Gasteiger partial charge on any atom is 0.248 e. The molecule has 0 aliphatic heterocycles. The Morgan fingerprint density at radius 2 is 1.83 bits per heavy atom. The van der Waals surface area contributed by atoms with Crippen molar-refractivity contribution in [2.24, 2.45) is 0 Å². The van der Waals surface area contributed by atoms with E-state index in [4.69, 9.17) is 21.1 Å². The first-order valence-electron chi connectivity index (χ1n) is 8.90. The number of nitrogens with one attached hydrogen (secondary N) is 1. The average molecular weight is 441 g/mol. The Hall–Kier alpha value is -2.45. The molecule has 9 heteroatoms. The fraction of sp³-hybridized carbons (Fsp3) is 0.350. The lowest BCUT2D eigenvalue weighted by Crippen LogP contribution is -2.47. The third-order valence-electron chi connectivity index (χ3n) is 4.32. The summed E-state index contributed by atoms with van der Waals surface area (Å²) < 4.78 is 36.7. The van der Waals surface area contributed by atoms with Gasteiger partial charge in [-0.05, 0) is 31.0 Å². The highest BCUT2D eigenvalue weighted by Gasteiger charge is 2.32. The molecule has 0 aliphatic rings. The molecule has 2 aromatic carbocycles. The molecule has 1 N–H and O–H groups in total. The summed E-state index contributed by atoms with van der Waals surface area (Å²) in [7, 11) is -0.822. The zero-order chi connectivity index (χ0) is 21.8. The zero-order valence-electron chi connectivity index (χ0n) is 17.0. The smallest absolute Gasteiger partial charge is 0.248 e. The summed E-state index contributed by atoms with van der Waals surface area (Å²) in [5.41, 5.74) is 1.64. The van der Waals surface area contributed by atoms with Crippen molar-refractivity contribution in [3.05, 3.63) is 47.0 Å². The molecule has 29 heavy (non-hydrogen) atoms. The normalized spacial score (nSPS) is 12.2. The Kier molecular flexibility index (Phi) is 7.37. The molecule has 0 radical (unpaired) electrons. The molecule has 0 spiro atoms. The second-order valence-electron chi connectivity index (χ2n) is 6.50. The quantitative estimate of drug-likeness (QED) is 0.673. The molecule has 0 saturated heterocycles. The van der Waals surface area contributed by atoms with E-state index >= 15 is 0 Å². The van der Waals surface area contributed by atoms with Crippen molar-refractivity contribution in [1.82, 2.24) is 0 Å². The predicted octanol–water partition coefficient (Wildman–Crippen LogP) is 3.85. The van der Waals surface area contributed by atoms with Crippen LogP contribution in [0.3, 0.4) is 0 Å². The van der Waals surface area contributed by atoms with Gasteiger partial charge in [-0.3, -0.25) is 9.10 Å². The highest BCUT2D eigenvalue weighted by molar-refractivity contribution is 7.92. The lowest BCUT2D eigenvalue weighted by Gasteiger charge is -2.30. The van der Waals surface area contributed by atoms with Crippen molar-refractivity contribution in [1.29, 1.82) is 0 Å². The van der Waals surface area contributed by atoms with Crippen molar-refractivity contribution in [2.75, 3.05) is 30.1 Å². The molecule has 0 aliphatic carbocycles. The molecule has 0 aromatic heterocycles. The number of amides is 1. The first-order valence-corrected chi connectivity index (χ1v) is 11.1. The van der Waals surface area contributed by atoms with Crippen LogP contribution in [-0.4, -0.2) is 40.8 Å². The molecular weight excluding hydrogens is 416 g/mol. The molecule has 0 bridgehead atoms. The molecule has 1 unspecified atom stereocenters. The van der Waals surface area contributed by atoms with Gasteiger partial charge in [-0.1, -0.05) is 30.7 Å². The van der Waals surface area contributed by atoms with E-state index in [9.17, 15) is 13.2 Å². The van der Waals surface area contributed by atoms with Crippen LogP contribution in [0.15, 0.2) is 36.4 Å². The van der Waals surface area contributed by atoms with E-state index in [0.717, 1.165) is 16.1 Å². The summed E-state index contributed by atoms with van der Waals surface area (Å²) >= 11 is 6.11. The Morgan fingerprint density at radius 1 is 1.17 bits per heavy atom. The summed E-state index contributed by atoms with van der Waals surface area (Å²) in [6.45, 7) is 3.60. The number of aryl methyl sites for hydroxylation is 1. The minimum atomic E-state index is -3.72. The van der Waals surface area contributed by atoms with Crippen LogP contribution < -0.4 is 19.1 Å². The van der Waals surface area contributed by atoms with E-state index < -0.39 is 22.0 Å². The maximum atomic E-state index is 13.1. The molecule has 7 nitrogen and oxygen atoms in total. The predicted molar refractivity (Wildman–Crippen MR) is 116 cm³/mol. The van der Waals surface area contributed by atoms with E-state index in [2.05, 4.69) is 5.32 Å². The number of anilines is 2. The number of benzene rings is 2. The first-order chi connectivity index (χ1) is 13.6. The number of sulfonamides is 1. The van der Waals surface area contributed by atoms with Gasteiger partial charge in [0.25, 0.3) is 0 Å². The average Bonchev–Trinajstić information content (AvgIpc) is 2.65. The number of halogens is 1. The van der Waals surface area contributed by atoms with Gasteiger partial charge >= 0.3 is 0 Å². The van der Waals surface area contributed by atoms with E-state index in [-0.39, 0.29) is 6.42 Å². The first kappa shape index (κ1) is 22.8. The van der Waals surface area contributed by atoms with E-state index in [1.54, 1.807) is 25.1 Å². The van der Waals surface area contributed by atoms with Crippen molar-refractivity contribution < 1.29 is 22.7 Å². The van der Waals surface area contributed by atoms with Crippen LogP contribution in [0.4, 0.5) is 11.4 Å². The standard InChI is InChI=1S/C20H25ClN2O5S/c1-6-17(23(29(5,25)26)14-9-7-8-13(2)10-14)20(24)22-16-12-18(27-3)15(21)11-19(16)28-4/h7-12,17H,6H2,1-5H3,(H,22,24). The minimum Gasteiger partial charge on any atom is -0.495 e. The van der Waals surface area contributed by atoms with Crippen LogP contribution in [0.1, 0.15) is 18.9 Å². The Balaban J connectivity index is 2.45. The van der Waals surface area contributed by atoms with Crippen LogP contribution in [0.2, 0.25) is 5.02 Å². The molecule has 2 rings (SSSR count). The molecule has 0 saturated carbocycles. The van der Waals surface area contributed by atoms with E-state index in [1.165, 1.54) is 26.4 Å². The summed E-state index contributed by atoms with van der Waals surface area (Å²) in [6.07, 6.45) is 1.34. The number of methoxy groups -OCH3 is 2. The Morgan fingerprint density at radius 3 is 2.34 bits per heavy atom. The van der Waals surface area contributed by atoms with Gasteiger partial charge in [-0.15, -0.1) is 0 Å². The third-order valence-corrected chi connectivity index (χ3v) is 5.79. The van der Waals surface area contributed by atoms with Gasteiger partial charge in [0.05, 0.1) is 36.9 Å². The summed E-state index contributed by atoms with van der Waals surface area (Å²) in [5.74, 6) is 0.192. The number of carbonyl (C=O) groups is 1. The summed E-state index contributed by atoms with van der Waals surface area (Å²) in [5, 5.41) is 3.07. The number of rotatable bonds is 8. The molecule has 1 atom stereocenters. The second kappa shape index (κ2) is 9.37. The molecule has 158 valence electrons. The Bertz CT molecular complexity index is 994. The van der Waals surface area contributed by atoms with Crippen LogP contribution in [0, 0.1) is 6.92 Å². The number of hydrogen-bond donors (Lipinski definition) is 1. The third kappa shape index (κ3) is 5.33. The van der Waals surface area contributed by atoms with Gasteiger partial charge in [0.1, 0.15) is 17.5 Å². The number of carbonyl (C=O) groups excluding carboxylic acids is 1. The zero-order valence-corrected chi connectivity index (χ0v) is 18.6. The SMILES string of the molecule is CCC(C(=O)Nc1cc(OC)c(Cl)cc1OC)N(c1cccc(C)c1)S(C)(=O)=O. The van der Waals surface area contributed by atoms with Gasteiger partial charge in [0.2, 0.25) is 15.9 Å². The molecule has 1 amide bonds. The summed E-state index contributed by atoms with van der Waals surface area (Å²) in [4.78, 5) is 13.1. The van der Waals surface area contributed by atoms with Crippen LogP contribution >= 0.6 is 11.6 Å². The maximum absolute atomic E-state index is 13.1. The van der Waals surface area contributed by atoms with E-state index in [0.29, 0.717) is 27.9 Å². The Labute approximate surface area is 176 Å². The van der Waals surface area contributed by atoms with Crippen molar-refractivity contribution >= 4 is 38.9 Å². The second-order valence-corrected chi connectivity index (χ2v) is 8.76. The van der Waals surface area contributed by atoms with Gasteiger partial charge in [-0.25, -0.2) is 8.42 Å². The molecule has 2 aromatic rings. The lowest BCUT2D eigenvalue weighted by molar-refractivity contribution is -0.117. The highest BCUT2D eigenvalue weighted by Crippen LogP contribution is 2.36. The van der Waals surface area contributed by atoms with Gasteiger partial charge in [0.15, 0.2) is 0 Å². The fourth-order valence-corrected chi connectivity index (χ4v) is 4.43. The lowest BCUT2D eigenvalue weighted by atomic mass is 10.1. The van der Waals surface area contributed by atoms with Crippen LogP contribution in [0.5, 0.6) is 11.5 Å². The number of nitrogens with zero attached hydrogens (tertiary/aromatic N) is 1. The van der Waals surface area contributed by atoms with Crippen molar-refractivity contribution in [3.63, 3.8) is 0 Å². The van der Waals surface area contributed by atoms with Gasteiger partial charge in [0, 0.05) is 12.1 Å². The fourth-order valence-electron chi connectivity index (χ4n) is 3.00. The van der Waals surface area contributed by atoms with Crippen molar-refractivity contribution in [2.45, 2.75) is 26.3 Å². The van der Waals surface area contributed by atoms with E-state index in [1.807, 2.05) is 13.0 Å². The molecule has 0 fully saturated rings. The largest absolute Gasteiger partial charge is 0.495 e. The minimum absolute atomic E-state index is 0.264. The molecular formula is C20H25ClN2O5S. The summed E-state index contributed by atoms with van der Waals surface area (Å²) in [6, 6.07) is 9.09. The topological polar surface area (TPSA) is 84.9 Å². The number of hydrogen-bond acceptors (Lipinski definition) is 5. The monoisotopic (exact) mass is 440 g/mol. The highest BCUT2D eigenvalue weighted by atomic mass is 35.5. The van der Waals surface area contributed by atoms with Crippen LogP contribution in [0.25, 0.3) is 0 Å². The molecule has 0 heterocycles. The van der Waals surface area contributed by atoms with Gasteiger partial charge in [-0.2, -0.15) is 0 Å². The van der Waals surface area contributed by atoms with Crippen LogP contribution in [-0.2, 0) is 14.8 Å². The van der Waals surface area contributed by atoms with Gasteiger partial charge < -0.3 is 14.8 Å². The number of ether oxygens (including phenoxy) is 2.